The van der Waals surface area contributed by atoms with Crippen molar-refractivity contribution in [1.82, 2.24) is 0 Å². The summed E-state index contributed by atoms with van der Waals surface area (Å²) in [5, 5.41) is 1.07. The van der Waals surface area contributed by atoms with E-state index in [9.17, 15) is 9.18 Å². The van der Waals surface area contributed by atoms with Gasteiger partial charge in [0.15, 0.2) is 5.78 Å². The van der Waals surface area contributed by atoms with Crippen LogP contribution in [-0.4, -0.2) is 17.1 Å². The topological polar surface area (TPSA) is 29.4 Å². The van der Waals surface area contributed by atoms with E-state index in [1.54, 1.807) is 23.9 Å². The summed E-state index contributed by atoms with van der Waals surface area (Å²) in [6.45, 7) is 0. The summed E-state index contributed by atoms with van der Waals surface area (Å²) in [5.41, 5.74) is 3.35. The number of carbonyl (C=O) groups is 1. The normalized spacial score (nSPS) is 13.0. The lowest BCUT2D eigenvalue weighted by Crippen LogP contribution is -2.03. The summed E-state index contributed by atoms with van der Waals surface area (Å²) in [7, 11) is 0. The zero-order valence-electron chi connectivity index (χ0n) is 11.6. The highest BCUT2D eigenvalue weighted by molar-refractivity contribution is 8.13. The first-order valence-corrected chi connectivity index (χ1v) is 7.90. The minimum atomic E-state index is -0.316. The van der Waals surface area contributed by atoms with E-state index in [1.807, 2.05) is 24.5 Å². The van der Waals surface area contributed by atoms with Crippen LogP contribution in [-0.2, 0) is 12.8 Å². The second kappa shape index (κ2) is 5.82. The van der Waals surface area contributed by atoms with Crippen molar-refractivity contribution in [1.29, 1.82) is 0 Å². The first-order chi connectivity index (χ1) is 10.2. The second-order valence-corrected chi connectivity index (χ2v) is 5.84. The quantitative estimate of drug-likeness (QED) is 0.795. The Morgan fingerprint density at radius 2 is 2.14 bits per heavy atom. The fourth-order valence-electron chi connectivity index (χ4n) is 2.38. The maximum atomic E-state index is 13.2. The van der Waals surface area contributed by atoms with Crippen molar-refractivity contribution in [3.8, 4) is 0 Å². The maximum absolute atomic E-state index is 13.2. The molecule has 0 saturated heterocycles. The highest BCUT2D eigenvalue weighted by atomic mass is 32.2. The van der Waals surface area contributed by atoms with E-state index >= 15 is 0 Å². The molecule has 0 fully saturated rings. The van der Waals surface area contributed by atoms with Crippen molar-refractivity contribution in [2.24, 2.45) is 4.99 Å². The molecule has 2 aromatic carbocycles. The highest BCUT2D eigenvalue weighted by Gasteiger charge is 2.16. The number of rotatable bonds is 3. The molecule has 0 spiro atoms. The molecule has 0 aliphatic carbocycles. The fourth-order valence-corrected chi connectivity index (χ4v) is 2.87. The molecule has 0 aromatic heterocycles. The van der Waals surface area contributed by atoms with Gasteiger partial charge in [0.2, 0.25) is 0 Å². The Morgan fingerprint density at radius 3 is 2.90 bits per heavy atom. The lowest BCUT2D eigenvalue weighted by atomic mass is 10.0. The number of ketones is 1. The van der Waals surface area contributed by atoms with Gasteiger partial charge in [0.1, 0.15) is 5.82 Å². The third-order valence-electron chi connectivity index (χ3n) is 3.48. The van der Waals surface area contributed by atoms with Crippen LogP contribution in [0.5, 0.6) is 0 Å². The number of halogens is 1. The monoisotopic (exact) mass is 299 g/mol. The van der Waals surface area contributed by atoms with Crippen LogP contribution in [0.1, 0.15) is 21.5 Å². The Kier molecular flexibility index (Phi) is 3.88. The van der Waals surface area contributed by atoms with Gasteiger partial charge in [-0.2, -0.15) is 0 Å². The van der Waals surface area contributed by atoms with E-state index in [2.05, 4.69) is 4.99 Å². The standard InChI is InChI=1S/C17H14FNOS/c1-21-17-10-12-5-6-13(9-15(12)19-17)16(20)8-11-3-2-4-14(18)7-11/h2-7,9H,8,10H2,1H3. The summed E-state index contributed by atoms with van der Waals surface area (Å²) in [6.07, 6.45) is 3.05. The molecule has 0 unspecified atom stereocenters. The van der Waals surface area contributed by atoms with Crippen LogP contribution in [0.2, 0.25) is 0 Å². The first kappa shape index (κ1) is 14.0. The zero-order valence-corrected chi connectivity index (χ0v) is 12.4. The maximum Gasteiger partial charge on any atom is 0.167 e. The van der Waals surface area contributed by atoms with Gasteiger partial charge < -0.3 is 0 Å². The number of thioether (sulfide) groups is 1. The predicted octanol–water partition coefficient (Wildman–Crippen LogP) is 4.20. The van der Waals surface area contributed by atoms with Gasteiger partial charge in [-0.05, 0) is 35.6 Å². The number of aliphatic imine (C=N–C) groups is 1. The molecule has 0 bridgehead atoms. The number of hydrogen-bond donors (Lipinski definition) is 0. The Hall–Kier alpha value is -1.94. The van der Waals surface area contributed by atoms with Crippen molar-refractivity contribution in [3.05, 3.63) is 65.0 Å². The molecule has 0 radical (unpaired) electrons. The Labute approximate surface area is 127 Å². The molecule has 106 valence electrons. The minimum absolute atomic E-state index is 0.0174. The number of benzene rings is 2. The molecule has 0 amide bonds. The van der Waals surface area contributed by atoms with Crippen molar-refractivity contribution in [3.63, 3.8) is 0 Å². The van der Waals surface area contributed by atoms with Crippen LogP contribution in [0.4, 0.5) is 10.1 Å². The van der Waals surface area contributed by atoms with E-state index in [1.165, 1.54) is 12.1 Å². The van der Waals surface area contributed by atoms with Crippen molar-refractivity contribution in [2.45, 2.75) is 12.8 Å². The zero-order chi connectivity index (χ0) is 14.8. The van der Waals surface area contributed by atoms with Gasteiger partial charge >= 0.3 is 0 Å². The minimum Gasteiger partial charge on any atom is -0.294 e. The van der Waals surface area contributed by atoms with Gasteiger partial charge in [-0.15, -0.1) is 11.8 Å². The van der Waals surface area contributed by atoms with E-state index in [4.69, 9.17) is 0 Å². The van der Waals surface area contributed by atoms with Gasteiger partial charge in [-0.1, -0.05) is 24.3 Å². The third kappa shape index (κ3) is 3.05. The molecule has 1 aliphatic heterocycles. The average molecular weight is 299 g/mol. The molecule has 3 rings (SSSR count). The lowest BCUT2D eigenvalue weighted by Gasteiger charge is -2.04. The largest absolute Gasteiger partial charge is 0.294 e. The van der Waals surface area contributed by atoms with Gasteiger partial charge in [0.25, 0.3) is 0 Å². The molecular weight excluding hydrogens is 285 g/mol. The SMILES string of the molecule is CSC1=Nc2cc(C(=O)Cc3cccc(F)c3)ccc2C1. The molecule has 1 heterocycles. The van der Waals surface area contributed by atoms with Crippen molar-refractivity contribution >= 4 is 28.3 Å². The second-order valence-electron chi connectivity index (χ2n) is 4.96. The first-order valence-electron chi connectivity index (χ1n) is 6.68. The number of Topliss-reactive ketones (excluding diaryl/α,β-unsaturated/α-hetero) is 1. The molecular formula is C17H14FNOS. The van der Waals surface area contributed by atoms with Gasteiger partial charge in [-0.25, -0.2) is 9.38 Å². The van der Waals surface area contributed by atoms with Crippen molar-refractivity contribution < 1.29 is 9.18 Å². The van der Waals surface area contributed by atoms with Crippen LogP contribution in [0.15, 0.2) is 47.5 Å². The molecule has 0 atom stereocenters. The van der Waals surface area contributed by atoms with Gasteiger partial charge in [-0.3, -0.25) is 4.79 Å². The predicted molar refractivity (Wildman–Crippen MR) is 85.2 cm³/mol. The van der Waals surface area contributed by atoms with E-state index in [0.717, 1.165) is 22.7 Å². The molecule has 2 aromatic rings. The summed E-state index contributed by atoms with van der Waals surface area (Å²) in [5.74, 6) is -0.334. The van der Waals surface area contributed by atoms with Crippen LogP contribution >= 0.6 is 11.8 Å². The molecule has 4 heteroatoms. The van der Waals surface area contributed by atoms with Crippen LogP contribution in [0.25, 0.3) is 0 Å². The molecule has 0 N–H and O–H groups in total. The summed E-state index contributed by atoms with van der Waals surface area (Å²) in [6, 6.07) is 11.8. The van der Waals surface area contributed by atoms with Gasteiger partial charge in [0.05, 0.1) is 10.7 Å². The Balaban J connectivity index is 1.81. The number of fused-ring (bicyclic) bond motifs is 1. The van der Waals surface area contributed by atoms with Crippen molar-refractivity contribution in [2.75, 3.05) is 6.26 Å². The fraction of sp³-hybridized carbons (Fsp3) is 0.176. The number of carbonyl (C=O) groups excluding carboxylic acids is 1. The number of nitrogens with zero attached hydrogens (tertiary/aromatic N) is 1. The number of hydrogen-bond acceptors (Lipinski definition) is 3. The van der Waals surface area contributed by atoms with E-state index in [0.29, 0.717) is 11.1 Å². The van der Waals surface area contributed by atoms with Crippen LogP contribution in [0, 0.1) is 5.82 Å². The lowest BCUT2D eigenvalue weighted by molar-refractivity contribution is 0.0993. The Bertz CT molecular complexity index is 739. The average Bonchev–Trinajstić information content (AvgIpc) is 2.89. The van der Waals surface area contributed by atoms with E-state index in [-0.39, 0.29) is 18.0 Å². The molecule has 21 heavy (non-hydrogen) atoms. The molecule has 1 aliphatic rings. The highest BCUT2D eigenvalue weighted by Crippen LogP contribution is 2.30. The molecule has 2 nitrogen and oxygen atoms in total. The molecule has 0 saturated carbocycles. The summed E-state index contributed by atoms with van der Waals surface area (Å²) in [4.78, 5) is 16.8. The summed E-state index contributed by atoms with van der Waals surface area (Å²) >= 11 is 1.63. The van der Waals surface area contributed by atoms with E-state index < -0.39 is 0 Å². The van der Waals surface area contributed by atoms with Crippen LogP contribution < -0.4 is 0 Å². The summed E-state index contributed by atoms with van der Waals surface area (Å²) < 4.78 is 13.2. The third-order valence-corrected chi connectivity index (χ3v) is 4.19. The smallest absolute Gasteiger partial charge is 0.167 e. The Morgan fingerprint density at radius 1 is 1.29 bits per heavy atom. The van der Waals surface area contributed by atoms with Gasteiger partial charge in [0, 0.05) is 18.4 Å². The van der Waals surface area contributed by atoms with Crippen LogP contribution in [0.3, 0.4) is 0 Å².